The quantitative estimate of drug-likeness (QED) is 0.895. The van der Waals surface area contributed by atoms with Crippen LogP contribution in [0, 0.1) is 0 Å². The van der Waals surface area contributed by atoms with E-state index in [0.717, 1.165) is 30.9 Å². The number of nitrogens with one attached hydrogen (secondary N) is 1. The van der Waals surface area contributed by atoms with Gasteiger partial charge in [-0.15, -0.1) is 11.3 Å². The second kappa shape index (κ2) is 7.26. The fourth-order valence-corrected chi connectivity index (χ4v) is 5.60. The summed E-state index contributed by atoms with van der Waals surface area (Å²) in [5.74, 6) is 0.0196. The molecule has 25 heavy (non-hydrogen) atoms. The number of amides is 1. The maximum absolute atomic E-state index is 11.8. The molecule has 0 unspecified atom stereocenters. The Balaban J connectivity index is 1.85. The maximum atomic E-state index is 11.8. The number of likely N-dealkylation sites (tertiary alicyclic amines) is 1. The van der Waals surface area contributed by atoms with Crippen molar-refractivity contribution < 1.29 is 4.79 Å². The Morgan fingerprint density at radius 2 is 2.04 bits per heavy atom. The molecule has 1 amide bonds. The third kappa shape index (κ3) is 3.35. The van der Waals surface area contributed by atoms with Gasteiger partial charge in [-0.3, -0.25) is 14.7 Å². The summed E-state index contributed by atoms with van der Waals surface area (Å²) in [4.78, 5) is 20.2. The lowest BCUT2D eigenvalue weighted by atomic mass is 9.89. The van der Waals surface area contributed by atoms with Gasteiger partial charge in [0.25, 0.3) is 0 Å². The van der Waals surface area contributed by atoms with E-state index in [2.05, 4.69) is 21.3 Å². The first kappa shape index (κ1) is 16.7. The molecule has 2 aromatic rings. The van der Waals surface area contributed by atoms with Gasteiger partial charge < -0.3 is 5.32 Å². The van der Waals surface area contributed by atoms with E-state index < -0.39 is 0 Å². The number of hydrogen-bond acceptors (Lipinski definition) is 4. The average Bonchev–Trinajstić information content (AvgIpc) is 3.25. The molecule has 1 fully saturated rings. The lowest BCUT2D eigenvalue weighted by molar-refractivity contribution is -0.114. The van der Waals surface area contributed by atoms with Gasteiger partial charge in [-0.05, 0) is 68.8 Å². The third-order valence-corrected chi connectivity index (χ3v) is 6.50. The van der Waals surface area contributed by atoms with Crippen molar-refractivity contribution in [2.24, 2.45) is 0 Å². The molecule has 1 N–H and O–H groups in total. The number of carbonyl (C=O) groups excluding carboxylic acids is 1. The predicted molar refractivity (Wildman–Crippen MR) is 102 cm³/mol. The highest BCUT2D eigenvalue weighted by Gasteiger charge is 2.33. The van der Waals surface area contributed by atoms with Gasteiger partial charge in [0.2, 0.25) is 5.91 Å². The van der Waals surface area contributed by atoms with Crippen molar-refractivity contribution in [3.63, 3.8) is 0 Å². The Hall–Kier alpha value is -1.72. The molecule has 1 atom stereocenters. The Kier molecular flexibility index (Phi) is 4.86. The summed E-state index contributed by atoms with van der Waals surface area (Å²) < 4.78 is 0. The number of thiophene rings is 1. The topological polar surface area (TPSA) is 45.2 Å². The molecule has 0 radical (unpaired) electrons. The Labute approximate surface area is 153 Å². The minimum absolute atomic E-state index is 0.0196. The van der Waals surface area contributed by atoms with E-state index in [1.807, 2.05) is 18.5 Å². The number of anilines is 1. The highest BCUT2D eigenvalue weighted by Crippen LogP contribution is 2.45. The van der Waals surface area contributed by atoms with Crippen molar-refractivity contribution in [3.05, 3.63) is 46.1 Å². The third-order valence-electron chi connectivity index (χ3n) is 5.28. The molecule has 5 heteroatoms. The van der Waals surface area contributed by atoms with Crippen LogP contribution in [0.3, 0.4) is 0 Å². The van der Waals surface area contributed by atoms with Gasteiger partial charge in [-0.25, -0.2) is 0 Å². The first-order valence-corrected chi connectivity index (χ1v) is 10.1. The molecule has 3 heterocycles. The zero-order chi connectivity index (χ0) is 17.2. The zero-order valence-electron chi connectivity index (χ0n) is 14.8. The van der Waals surface area contributed by atoms with Gasteiger partial charge in [-0.1, -0.05) is 6.07 Å². The van der Waals surface area contributed by atoms with Gasteiger partial charge in [-0.2, -0.15) is 0 Å². The summed E-state index contributed by atoms with van der Waals surface area (Å²) in [6.45, 7) is 3.84. The summed E-state index contributed by atoms with van der Waals surface area (Å²) in [7, 11) is 0. The van der Waals surface area contributed by atoms with Crippen molar-refractivity contribution in [2.75, 3.05) is 18.4 Å². The second-order valence-electron chi connectivity index (χ2n) is 7.07. The van der Waals surface area contributed by atoms with Crippen LogP contribution in [0.2, 0.25) is 0 Å². The van der Waals surface area contributed by atoms with Gasteiger partial charge in [0, 0.05) is 29.8 Å². The molecule has 4 nitrogen and oxygen atoms in total. The molecule has 0 aromatic carbocycles. The summed E-state index contributed by atoms with van der Waals surface area (Å²) >= 11 is 1.79. The van der Waals surface area contributed by atoms with Crippen molar-refractivity contribution in [2.45, 2.75) is 51.5 Å². The molecular formula is C20H25N3OS. The fraction of sp³-hybridized carbons (Fsp3) is 0.500. The predicted octanol–water partition coefficient (Wildman–Crippen LogP) is 4.17. The minimum atomic E-state index is 0.0196. The van der Waals surface area contributed by atoms with Gasteiger partial charge in [0.05, 0.1) is 6.04 Å². The lowest BCUT2D eigenvalue weighted by Crippen LogP contribution is -2.28. The van der Waals surface area contributed by atoms with E-state index in [-0.39, 0.29) is 11.9 Å². The van der Waals surface area contributed by atoms with Crippen LogP contribution >= 0.6 is 11.3 Å². The number of aryl methyl sites for hydroxylation is 1. The standard InChI is InChI=1S/C20H25N3OS/c1-14(24)22-20-18(16-8-2-3-9-17(16)25-20)19(23-11-4-5-12-23)15-7-6-10-21-13-15/h6-7,10,13,19H,2-5,8-9,11-12H2,1H3,(H,22,24)/t19-/m0/s1. The van der Waals surface area contributed by atoms with Gasteiger partial charge in [0.15, 0.2) is 0 Å². The van der Waals surface area contributed by atoms with Crippen molar-refractivity contribution >= 4 is 22.2 Å². The number of pyridine rings is 1. The van der Waals surface area contributed by atoms with E-state index in [1.165, 1.54) is 47.3 Å². The Morgan fingerprint density at radius 1 is 1.24 bits per heavy atom. The van der Waals surface area contributed by atoms with Gasteiger partial charge >= 0.3 is 0 Å². The monoisotopic (exact) mass is 355 g/mol. The molecule has 132 valence electrons. The number of nitrogens with zero attached hydrogens (tertiary/aromatic N) is 2. The summed E-state index contributed by atoms with van der Waals surface area (Å²) in [6.07, 6.45) is 11.1. The minimum Gasteiger partial charge on any atom is -0.318 e. The molecule has 0 saturated carbocycles. The normalized spacial score (nSPS) is 18.8. The highest BCUT2D eigenvalue weighted by molar-refractivity contribution is 7.16. The number of fused-ring (bicyclic) bond motifs is 1. The lowest BCUT2D eigenvalue weighted by Gasteiger charge is -2.30. The number of aromatic nitrogens is 1. The largest absolute Gasteiger partial charge is 0.318 e. The molecule has 1 aliphatic carbocycles. The summed E-state index contributed by atoms with van der Waals surface area (Å²) in [5.41, 5.74) is 4.06. The van der Waals surface area contributed by atoms with Crippen LogP contribution in [0.15, 0.2) is 24.5 Å². The smallest absolute Gasteiger partial charge is 0.221 e. The number of carbonyl (C=O) groups is 1. The summed E-state index contributed by atoms with van der Waals surface area (Å²) in [5, 5.41) is 4.19. The first-order chi connectivity index (χ1) is 12.2. The van der Waals surface area contributed by atoms with E-state index in [4.69, 9.17) is 0 Å². The average molecular weight is 356 g/mol. The van der Waals surface area contributed by atoms with Crippen LogP contribution in [0.5, 0.6) is 0 Å². The SMILES string of the molecule is CC(=O)Nc1sc2c(c1[C@H](c1cccnc1)N1CCCC1)CCCC2. The van der Waals surface area contributed by atoms with E-state index >= 15 is 0 Å². The highest BCUT2D eigenvalue weighted by atomic mass is 32.1. The van der Waals surface area contributed by atoms with Crippen molar-refractivity contribution in [3.8, 4) is 0 Å². The van der Waals surface area contributed by atoms with Crippen LogP contribution in [-0.2, 0) is 17.6 Å². The van der Waals surface area contributed by atoms with Crippen molar-refractivity contribution in [1.82, 2.24) is 9.88 Å². The Bertz CT molecular complexity index is 750. The van der Waals surface area contributed by atoms with Crippen LogP contribution in [-0.4, -0.2) is 28.9 Å². The van der Waals surface area contributed by atoms with Crippen molar-refractivity contribution in [1.29, 1.82) is 0 Å². The first-order valence-electron chi connectivity index (χ1n) is 9.30. The molecule has 2 aliphatic rings. The molecule has 1 aliphatic heterocycles. The molecular weight excluding hydrogens is 330 g/mol. The van der Waals surface area contributed by atoms with E-state index in [0.29, 0.717) is 0 Å². The zero-order valence-corrected chi connectivity index (χ0v) is 15.6. The molecule has 0 spiro atoms. The van der Waals surface area contributed by atoms with E-state index in [1.54, 1.807) is 18.3 Å². The summed E-state index contributed by atoms with van der Waals surface area (Å²) in [6, 6.07) is 4.41. The molecule has 1 saturated heterocycles. The second-order valence-corrected chi connectivity index (χ2v) is 8.17. The number of rotatable bonds is 4. The molecule has 4 rings (SSSR count). The van der Waals surface area contributed by atoms with Crippen LogP contribution in [0.25, 0.3) is 0 Å². The van der Waals surface area contributed by atoms with Crippen LogP contribution < -0.4 is 5.32 Å². The molecule has 2 aromatic heterocycles. The Morgan fingerprint density at radius 3 is 2.76 bits per heavy atom. The van der Waals surface area contributed by atoms with Crippen LogP contribution in [0.4, 0.5) is 5.00 Å². The maximum Gasteiger partial charge on any atom is 0.221 e. The number of hydrogen-bond donors (Lipinski definition) is 1. The fourth-order valence-electron chi connectivity index (χ4n) is 4.23. The van der Waals surface area contributed by atoms with Crippen LogP contribution in [0.1, 0.15) is 60.2 Å². The van der Waals surface area contributed by atoms with E-state index in [9.17, 15) is 4.79 Å². The molecule has 0 bridgehead atoms. The van der Waals surface area contributed by atoms with Gasteiger partial charge in [0.1, 0.15) is 5.00 Å².